The van der Waals surface area contributed by atoms with Crippen LogP contribution in [0.4, 0.5) is 0 Å². The predicted molar refractivity (Wildman–Crippen MR) is 102 cm³/mol. The minimum Gasteiger partial charge on any atom is -0.481 e. The van der Waals surface area contributed by atoms with Crippen LogP contribution >= 0.6 is 0 Å². The van der Waals surface area contributed by atoms with Crippen LogP contribution in [0, 0.1) is 5.41 Å². The first-order chi connectivity index (χ1) is 13.3. The number of benzene rings is 1. The number of rotatable bonds is 12. The van der Waals surface area contributed by atoms with Gasteiger partial charge in [-0.1, -0.05) is 25.1 Å². The lowest BCUT2D eigenvalue weighted by Crippen LogP contribution is -2.55. The molecule has 7 nitrogen and oxygen atoms in total. The normalized spacial score (nSPS) is 23.5. The van der Waals surface area contributed by atoms with Crippen molar-refractivity contribution in [3.8, 4) is 0 Å². The highest BCUT2D eigenvalue weighted by Gasteiger charge is 2.47. The number of aliphatic hydroxyl groups excluding tert-OH is 1. The van der Waals surface area contributed by atoms with E-state index in [1.54, 1.807) is 31.2 Å². The fourth-order valence-corrected chi connectivity index (χ4v) is 3.15. The summed E-state index contributed by atoms with van der Waals surface area (Å²) >= 11 is 0. The molecule has 2 N–H and O–H groups in total. The Kier molecular flexibility index (Phi) is 8.41. The third kappa shape index (κ3) is 6.58. The van der Waals surface area contributed by atoms with E-state index in [0.29, 0.717) is 44.6 Å². The summed E-state index contributed by atoms with van der Waals surface area (Å²) in [6, 6.07) is 8.70. The number of carboxylic acids is 1. The lowest BCUT2D eigenvalue weighted by Gasteiger charge is -2.48. The van der Waals surface area contributed by atoms with Gasteiger partial charge in [0, 0.05) is 18.4 Å². The second-order valence-corrected chi connectivity index (χ2v) is 7.63. The van der Waals surface area contributed by atoms with Gasteiger partial charge in [-0.3, -0.25) is 4.79 Å². The molecule has 0 bridgehead atoms. The van der Waals surface area contributed by atoms with E-state index < -0.39 is 24.1 Å². The second-order valence-electron chi connectivity index (χ2n) is 7.63. The Labute approximate surface area is 165 Å². The topological polar surface area (TPSA) is 102 Å². The Balaban J connectivity index is 1.81. The molecular weight excluding hydrogens is 364 g/mol. The molecule has 28 heavy (non-hydrogen) atoms. The largest absolute Gasteiger partial charge is 0.481 e. The summed E-state index contributed by atoms with van der Waals surface area (Å²) in [5, 5.41) is 18.7. The maximum Gasteiger partial charge on any atom is 0.338 e. The number of carbonyl (C=O) groups excluding carboxylic acids is 1. The van der Waals surface area contributed by atoms with Crippen LogP contribution < -0.4 is 0 Å². The van der Waals surface area contributed by atoms with Crippen LogP contribution in [0.2, 0.25) is 0 Å². The lowest BCUT2D eigenvalue weighted by molar-refractivity contribution is -0.215. The van der Waals surface area contributed by atoms with Crippen molar-refractivity contribution in [3.63, 3.8) is 0 Å². The number of ether oxygens (including phenoxy) is 3. The van der Waals surface area contributed by atoms with E-state index >= 15 is 0 Å². The lowest BCUT2D eigenvalue weighted by atomic mass is 9.75. The second kappa shape index (κ2) is 10.5. The van der Waals surface area contributed by atoms with Crippen molar-refractivity contribution in [2.45, 2.75) is 57.8 Å². The summed E-state index contributed by atoms with van der Waals surface area (Å²) in [6.45, 7) is 5.02. The minimum absolute atomic E-state index is 0.143. The molecule has 156 valence electrons. The molecule has 0 radical (unpaired) electrons. The van der Waals surface area contributed by atoms with Gasteiger partial charge in [-0.2, -0.15) is 0 Å². The molecule has 1 aromatic rings. The van der Waals surface area contributed by atoms with Gasteiger partial charge in [0.05, 0.1) is 31.0 Å². The number of aliphatic carboxylic acids is 1. The third-order valence-electron chi connectivity index (χ3n) is 5.06. The van der Waals surface area contributed by atoms with Crippen LogP contribution in [0.15, 0.2) is 30.3 Å². The summed E-state index contributed by atoms with van der Waals surface area (Å²) in [5.41, 5.74) is 0.184. The maximum absolute atomic E-state index is 12.3. The fourth-order valence-electron chi connectivity index (χ4n) is 3.15. The van der Waals surface area contributed by atoms with Crippen molar-refractivity contribution < 1.29 is 34.0 Å². The molecule has 7 heteroatoms. The number of carboxylic acid groups (broad SMARTS) is 1. The van der Waals surface area contributed by atoms with Crippen LogP contribution in [0.25, 0.3) is 0 Å². The van der Waals surface area contributed by atoms with Crippen LogP contribution in [-0.2, 0) is 19.0 Å². The monoisotopic (exact) mass is 394 g/mol. The molecule has 1 aliphatic heterocycles. The number of unbranched alkanes of at least 4 members (excludes halogenated alkanes) is 1. The summed E-state index contributed by atoms with van der Waals surface area (Å²) in [4.78, 5) is 22.8. The van der Waals surface area contributed by atoms with Crippen LogP contribution in [0.3, 0.4) is 0 Å². The van der Waals surface area contributed by atoms with Gasteiger partial charge in [0.25, 0.3) is 0 Å². The molecule has 0 aromatic heterocycles. The number of aliphatic hydroxyl groups is 1. The van der Waals surface area contributed by atoms with Crippen molar-refractivity contribution in [1.82, 2.24) is 0 Å². The van der Waals surface area contributed by atoms with Crippen molar-refractivity contribution in [2.75, 3.05) is 19.8 Å². The molecule has 2 rings (SSSR count). The molecule has 1 heterocycles. The highest BCUT2D eigenvalue weighted by molar-refractivity contribution is 5.89. The summed E-state index contributed by atoms with van der Waals surface area (Å²) in [5.74, 6) is -1.26. The van der Waals surface area contributed by atoms with Gasteiger partial charge in [-0.25, -0.2) is 4.79 Å². The standard InChI is InChI=1S/C21H30O7/c1-15(22)17(28-20(25)16-8-4-3-5-9-16)12-21(2)14-27-18(21)13-26-11-7-6-10-19(23)24/h3-5,8-9,15,17-18,22H,6-7,10-14H2,1-2H3,(H,23,24)/t15-,17+,18?,21-/m1/s1. The van der Waals surface area contributed by atoms with Gasteiger partial charge in [0.15, 0.2) is 0 Å². The fraction of sp³-hybridized carbons (Fsp3) is 0.619. The summed E-state index contributed by atoms with van der Waals surface area (Å²) < 4.78 is 16.8. The van der Waals surface area contributed by atoms with Crippen molar-refractivity contribution >= 4 is 11.9 Å². The first kappa shape index (κ1) is 22.3. The van der Waals surface area contributed by atoms with Gasteiger partial charge in [0.1, 0.15) is 6.10 Å². The van der Waals surface area contributed by atoms with E-state index in [4.69, 9.17) is 19.3 Å². The van der Waals surface area contributed by atoms with Crippen LogP contribution in [0.1, 0.15) is 49.9 Å². The first-order valence-corrected chi connectivity index (χ1v) is 9.67. The Hall–Kier alpha value is -1.96. The summed E-state index contributed by atoms with van der Waals surface area (Å²) in [7, 11) is 0. The Morgan fingerprint density at radius 2 is 2.00 bits per heavy atom. The van der Waals surface area contributed by atoms with Crippen molar-refractivity contribution in [3.05, 3.63) is 35.9 Å². The zero-order valence-electron chi connectivity index (χ0n) is 16.5. The molecular formula is C21H30O7. The maximum atomic E-state index is 12.3. The molecule has 1 unspecified atom stereocenters. The highest BCUT2D eigenvalue weighted by Crippen LogP contribution is 2.40. The van der Waals surface area contributed by atoms with Crippen molar-refractivity contribution in [1.29, 1.82) is 0 Å². The first-order valence-electron chi connectivity index (χ1n) is 9.67. The molecule has 1 saturated heterocycles. The van der Waals surface area contributed by atoms with E-state index in [1.165, 1.54) is 0 Å². The zero-order chi connectivity index (χ0) is 20.6. The average molecular weight is 394 g/mol. The Bertz CT molecular complexity index is 631. The smallest absolute Gasteiger partial charge is 0.338 e. The van der Waals surface area contributed by atoms with Crippen LogP contribution in [0.5, 0.6) is 0 Å². The SMILES string of the molecule is C[C@@H](O)[C@H](C[C@]1(C)COC1COCCCCC(=O)O)OC(=O)c1ccccc1. The Morgan fingerprint density at radius 3 is 2.57 bits per heavy atom. The number of esters is 1. The van der Waals surface area contributed by atoms with E-state index in [2.05, 4.69) is 0 Å². The number of carbonyl (C=O) groups is 2. The molecule has 0 spiro atoms. The van der Waals surface area contributed by atoms with Gasteiger partial charge < -0.3 is 24.4 Å². The molecule has 1 fully saturated rings. The molecule has 0 amide bonds. The van der Waals surface area contributed by atoms with E-state index in [9.17, 15) is 14.7 Å². The van der Waals surface area contributed by atoms with E-state index in [1.807, 2.05) is 13.0 Å². The van der Waals surface area contributed by atoms with Gasteiger partial charge in [-0.05, 0) is 38.3 Å². The average Bonchev–Trinajstić information content (AvgIpc) is 2.66. The summed E-state index contributed by atoms with van der Waals surface area (Å²) in [6.07, 6.45) is 0.282. The van der Waals surface area contributed by atoms with E-state index in [0.717, 1.165) is 0 Å². The number of hydrogen-bond donors (Lipinski definition) is 2. The highest BCUT2D eigenvalue weighted by atomic mass is 16.6. The molecule has 0 aliphatic carbocycles. The quantitative estimate of drug-likeness (QED) is 0.415. The predicted octanol–water partition coefficient (Wildman–Crippen LogP) is 2.66. The Morgan fingerprint density at radius 1 is 1.29 bits per heavy atom. The van der Waals surface area contributed by atoms with Gasteiger partial charge in [-0.15, -0.1) is 0 Å². The molecule has 0 saturated carbocycles. The van der Waals surface area contributed by atoms with Crippen molar-refractivity contribution in [2.24, 2.45) is 5.41 Å². The minimum atomic E-state index is -0.803. The van der Waals surface area contributed by atoms with Crippen LogP contribution in [-0.4, -0.2) is 60.3 Å². The number of hydrogen-bond acceptors (Lipinski definition) is 6. The third-order valence-corrected chi connectivity index (χ3v) is 5.06. The van der Waals surface area contributed by atoms with E-state index in [-0.39, 0.29) is 17.9 Å². The molecule has 4 atom stereocenters. The van der Waals surface area contributed by atoms with Gasteiger partial charge in [0.2, 0.25) is 0 Å². The zero-order valence-corrected chi connectivity index (χ0v) is 16.5. The molecule has 1 aromatic carbocycles. The van der Waals surface area contributed by atoms with Gasteiger partial charge >= 0.3 is 11.9 Å². The molecule has 1 aliphatic rings.